The molecule has 1 atom stereocenters. The van der Waals surface area contributed by atoms with Crippen molar-refractivity contribution in [3.05, 3.63) is 64.1 Å². The van der Waals surface area contributed by atoms with Gasteiger partial charge in [0.25, 0.3) is 5.56 Å². The van der Waals surface area contributed by atoms with Gasteiger partial charge in [-0.2, -0.15) is 0 Å². The number of aromatic nitrogens is 1. The number of guanidine groups is 1. The quantitative estimate of drug-likeness (QED) is 0.216. The highest BCUT2D eigenvalue weighted by molar-refractivity contribution is 14.0. The number of para-hydroxylation sites is 1. The number of ether oxygens (including phenoxy) is 1. The third-order valence-electron chi connectivity index (χ3n) is 6.69. The molecule has 1 aromatic heterocycles. The average Bonchev–Trinajstić information content (AvgIpc) is 3.22. The molecule has 2 N–H and O–H groups in total. The molecule has 2 heterocycles. The lowest BCUT2D eigenvalue weighted by atomic mass is 9.86. The molecule has 6 nitrogen and oxygen atoms in total. The van der Waals surface area contributed by atoms with Gasteiger partial charge < -0.3 is 19.9 Å². The maximum absolute atomic E-state index is 12.0. The molecule has 1 saturated carbocycles. The zero-order valence-corrected chi connectivity index (χ0v) is 22.1. The molecule has 1 spiro atoms. The van der Waals surface area contributed by atoms with Gasteiger partial charge in [0.15, 0.2) is 5.96 Å². The van der Waals surface area contributed by atoms with Crippen LogP contribution in [0.5, 0.6) is 5.75 Å². The minimum absolute atomic E-state index is 0. The predicted molar refractivity (Wildman–Crippen MR) is 145 cm³/mol. The van der Waals surface area contributed by atoms with E-state index < -0.39 is 0 Å². The fraction of sp³-hybridized carbons (Fsp3) is 0.538. The molecule has 4 rings (SSSR count). The summed E-state index contributed by atoms with van der Waals surface area (Å²) in [5.74, 6) is 1.87. The lowest BCUT2D eigenvalue weighted by molar-refractivity contribution is 0.0396. The van der Waals surface area contributed by atoms with Gasteiger partial charge in [-0.15, -0.1) is 24.0 Å². The van der Waals surface area contributed by atoms with Crippen LogP contribution in [0.15, 0.2) is 52.3 Å². The van der Waals surface area contributed by atoms with Crippen LogP contribution in [-0.2, 0) is 6.54 Å². The van der Waals surface area contributed by atoms with E-state index in [-0.39, 0.29) is 41.2 Å². The van der Waals surface area contributed by atoms with E-state index in [2.05, 4.69) is 41.8 Å². The molecule has 1 aliphatic heterocycles. The Hall–Kier alpha value is -2.03. The van der Waals surface area contributed by atoms with E-state index >= 15 is 0 Å². The van der Waals surface area contributed by atoms with Crippen molar-refractivity contribution < 1.29 is 4.74 Å². The van der Waals surface area contributed by atoms with E-state index in [1.807, 2.05) is 23.6 Å². The maximum atomic E-state index is 12.0. The number of unbranched alkanes of at least 4 members (excludes halogenated alkanes) is 1. The van der Waals surface area contributed by atoms with E-state index in [1.165, 1.54) is 18.4 Å². The molecule has 2 aliphatic rings. The standard InChI is InChI=1S/C26H36N4O2.HI/c1-3-27-25(28-17-8-9-18-30-20(2)11-10-14-24(30)31)29-22-19-26(15-6-7-16-26)32-23-13-5-4-12-21(22)23;/h4-5,10-14,22H,3,6-9,15-19H2,1-2H3,(H2,27,28,29);1H. The van der Waals surface area contributed by atoms with Crippen molar-refractivity contribution in [2.45, 2.75) is 77.0 Å². The lowest BCUT2D eigenvalue weighted by Crippen LogP contribution is -2.46. The fourth-order valence-electron chi connectivity index (χ4n) is 5.04. The molecular formula is C26H37IN4O2. The maximum Gasteiger partial charge on any atom is 0.250 e. The second-order valence-corrected chi connectivity index (χ2v) is 9.06. The molecule has 0 saturated heterocycles. The molecule has 7 heteroatoms. The Bertz CT molecular complexity index is 998. The number of pyridine rings is 1. The van der Waals surface area contributed by atoms with E-state index in [0.29, 0.717) is 0 Å². The van der Waals surface area contributed by atoms with Gasteiger partial charge in [-0.1, -0.05) is 24.3 Å². The van der Waals surface area contributed by atoms with Gasteiger partial charge in [-0.05, 0) is 64.5 Å². The third-order valence-corrected chi connectivity index (χ3v) is 6.69. The van der Waals surface area contributed by atoms with Crippen molar-refractivity contribution in [2.75, 3.05) is 13.1 Å². The minimum atomic E-state index is -0.0376. The Morgan fingerprint density at radius 2 is 1.94 bits per heavy atom. The van der Waals surface area contributed by atoms with Gasteiger partial charge in [-0.3, -0.25) is 9.79 Å². The molecule has 0 bridgehead atoms. The zero-order valence-electron chi connectivity index (χ0n) is 19.8. The molecular weight excluding hydrogens is 527 g/mol. The Morgan fingerprint density at radius 3 is 2.70 bits per heavy atom. The van der Waals surface area contributed by atoms with Gasteiger partial charge in [0.05, 0.1) is 6.04 Å². The SMILES string of the molecule is CCNC(=NCCCCn1c(C)cccc1=O)NC1CC2(CCCC2)Oc2ccccc21.I. The van der Waals surface area contributed by atoms with Crippen molar-refractivity contribution in [1.29, 1.82) is 0 Å². The molecule has 0 amide bonds. The van der Waals surface area contributed by atoms with Crippen LogP contribution in [0.25, 0.3) is 0 Å². The van der Waals surface area contributed by atoms with Gasteiger partial charge in [0, 0.05) is 43.4 Å². The number of aryl methyl sites for hydroxylation is 1. The molecule has 0 radical (unpaired) electrons. The highest BCUT2D eigenvalue weighted by atomic mass is 127. The summed E-state index contributed by atoms with van der Waals surface area (Å²) in [5.41, 5.74) is 2.26. The highest BCUT2D eigenvalue weighted by Crippen LogP contribution is 2.46. The summed E-state index contributed by atoms with van der Waals surface area (Å²) in [6.07, 6.45) is 7.59. The van der Waals surface area contributed by atoms with Crippen LogP contribution in [0.1, 0.15) is 69.2 Å². The Kier molecular flexibility index (Phi) is 9.23. The fourth-order valence-corrected chi connectivity index (χ4v) is 5.04. The number of halogens is 1. The monoisotopic (exact) mass is 564 g/mol. The van der Waals surface area contributed by atoms with Crippen LogP contribution in [0.4, 0.5) is 0 Å². The number of fused-ring (bicyclic) bond motifs is 1. The van der Waals surface area contributed by atoms with Gasteiger partial charge in [0.2, 0.25) is 0 Å². The minimum Gasteiger partial charge on any atom is -0.487 e. The summed E-state index contributed by atoms with van der Waals surface area (Å²) >= 11 is 0. The average molecular weight is 565 g/mol. The van der Waals surface area contributed by atoms with Crippen molar-refractivity contribution >= 4 is 29.9 Å². The van der Waals surface area contributed by atoms with Crippen molar-refractivity contribution in [2.24, 2.45) is 4.99 Å². The number of aliphatic imine (C=N–C) groups is 1. The van der Waals surface area contributed by atoms with Crippen LogP contribution in [0, 0.1) is 6.92 Å². The smallest absolute Gasteiger partial charge is 0.250 e. The molecule has 1 unspecified atom stereocenters. The number of hydrogen-bond donors (Lipinski definition) is 2. The van der Waals surface area contributed by atoms with Crippen molar-refractivity contribution in [1.82, 2.24) is 15.2 Å². The Morgan fingerprint density at radius 1 is 1.15 bits per heavy atom. The highest BCUT2D eigenvalue weighted by Gasteiger charge is 2.43. The summed E-state index contributed by atoms with van der Waals surface area (Å²) in [6.45, 7) is 6.36. The zero-order chi connectivity index (χ0) is 22.4. The van der Waals surface area contributed by atoms with E-state index in [4.69, 9.17) is 9.73 Å². The molecule has 180 valence electrons. The first-order valence-corrected chi connectivity index (χ1v) is 12.1. The Balaban J connectivity index is 0.00000306. The van der Waals surface area contributed by atoms with Crippen LogP contribution >= 0.6 is 24.0 Å². The lowest BCUT2D eigenvalue weighted by Gasteiger charge is -2.40. The number of rotatable bonds is 7. The molecule has 2 aromatic rings. The topological polar surface area (TPSA) is 67.7 Å². The molecule has 1 aromatic carbocycles. The summed E-state index contributed by atoms with van der Waals surface area (Å²) in [5, 5.41) is 7.10. The van der Waals surface area contributed by atoms with E-state index in [1.54, 1.807) is 6.07 Å². The second kappa shape index (κ2) is 11.9. The van der Waals surface area contributed by atoms with Crippen molar-refractivity contribution in [3.8, 4) is 5.75 Å². The predicted octanol–water partition coefficient (Wildman–Crippen LogP) is 4.95. The first kappa shape index (κ1) is 25.6. The molecule has 1 aliphatic carbocycles. The van der Waals surface area contributed by atoms with Gasteiger partial charge >= 0.3 is 0 Å². The number of nitrogens with zero attached hydrogens (tertiary/aromatic N) is 2. The van der Waals surface area contributed by atoms with Gasteiger partial charge in [0.1, 0.15) is 11.4 Å². The van der Waals surface area contributed by atoms with Crippen LogP contribution in [-0.4, -0.2) is 29.2 Å². The Labute approximate surface area is 214 Å². The first-order chi connectivity index (χ1) is 15.6. The molecule has 1 fully saturated rings. The van der Waals surface area contributed by atoms with Crippen LogP contribution in [0.3, 0.4) is 0 Å². The number of nitrogens with one attached hydrogen (secondary N) is 2. The summed E-state index contributed by atoms with van der Waals surface area (Å²) in [6, 6.07) is 14.0. The van der Waals surface area contributed by atoms with Crippen LogP contribution < -0.4 is 20.9 Å². The first-order valence-electron chi connectivity index (χ1n) is 12.1. The van der Waals surface area contributed by atoms with E-state index in [0.717, 1.165) is 69.1 Å². The van der Waals surface area contributed by atoms with E-state index in [9.17, 15) is 4.79 Å². The normalized spacial score (nSPS) is 18.8. The summed E-state index contributed by atoms with van der Waals surface area (Å²) in [7, 11) is 0. The van der Waals surface area contributed by atoms with Gasteiger partial charge in [-0.25, -0.2) is 0 Å². The second-order valence-electron chi connectivity index (χ2n) is 9.06. The largest absolute Gasteiger partial charge is 0.487 e. The summed E-state index contributed by atoms with van der Waals surface area (Å²) < 4.78 is 8.34. The summed E-state index contributed by atoms with van der Waals surface area (Å²) in [4.78, 5) is 16.9. The van der Waals surface area contributed by atoms with Crippen molar-refractivity contribution in [3.63, 3.8) is 0 Å². The molecule has 33 heavy (non-hydrogen) atoms. The third kappa shape index (κ3) is 6.31. The number of benzene rings is 1. The number of hydrogen-bond acceptors (Lipinski definition) is 3. The van der Waals surface area contributed by atoms with Crippen LogP contribution in [0.2, 0.25) is 0 Å².